The Balaban J connectivity index is 2.81. The molecule has 18 heavy (non-hydrogen) atoms. The van der Waals surface area contributed by atoms with Gasteiger partial charge in [0.2, 0.25) is 0 Å². The van der Waals surface area contributed by atoms with Crippen molar-refractivity contribution >= 4 is 17.4 Å². The third-order valence-corrected chi connectivity index (χ3v) is 2.41. The van der Waals surface area contributed by atoms with Gasteiger partial charge in [-0.15, -0.1) is 0 Å². The lowest BCUT2D eigenvalue weighted by Gasteiger charge is -2.07. The number of nitrogens with zero attached hydrogens (tertiary/aromatic N) is 2. The maximum atomic E-state index is 12.1. The molecule has 3 nitrogen and oxygen atoms in total. The SMILES string of the molecule is N#CC(C#N)=CNc1cccc(SC(F)(F)F)c1. The van der Waals surface area contributed by atoms with E-state index < -0.39 is 5.51 Å². The Morgan fingerprint density at radius 3 is 2.50 bits per heavy atom. The van der Waals surface area contributed by atoms with Crippen molar-refractivity contribution in [2.24, 2.45) is 0 Å². The summed E-state index contributed by atoms with van der Waals surface area (Å²) < 4.78 is 36.4. The lowest BCUT2D eigenvalue weighted by Crippen LogP contribution is -1.99. The van der Waals surface area contributed by atoms with Gasteiger partial charge in [0.05, 0.1) is 0 Å². The molecule has 1 rings (SSSR count). The molecule has 0 saturated carbocycles. The van der Waals surface area contributed by atoms with Crippen molar-refractivity contribution in [3.8, 4) is 12.1 Å². The molecule has 92 valence electrons. The zero-order chi connectivity index (χ0) is 13.6. The summed E-state index contributed by atoms with van der Waals surface area (Å²) in [5.74, 6) is 0. The van der Waals surface area contributed by atoms with Gasteiger partial charge in [0.25, 0.3) is 0 Å². The van der Waals surface area contributed by atoms with Crippen molar-refractivity contribution in [1.29, 1.82) is 10.5 Å². The van der Waals surface area contributed by atoms with Gasteiger partial charge in [0.1, 0.15) is 17.7 Å². The van der Waals surface area contributed by atoms with Crippen molar-refractivity contribution in [3.63, 3.8) is 0 Å². The second-order valence-corrected chi connectivity index (χ2v) is 4.14. The molecule has 0 saturated heterocycles. The molecule has 0 unspecified atom stereocenters. The number of rotatable bonds is 3. The molecule has 0 radical (unpaired) electrons. The van der Waals surface area contributed by atoms with E-state index in [0.717, 1.165) is 6.20 Å². The van der Waals surface area contributed by atoms with Crippen LogP contribution in [0.4, 0.5) is 18.9 Å². The van der Waals surface area contributed by atoms with Crippen LogP contribution in [0.15, 0.2) is 40.9 Å². The van der Waals surface area contributed by atoms with E-state index in [0.29, 0.717) is 5.69 Å². The zero-order valence-corrected chi connectivity index (χ0v) is 9.64. The maximum Gasteiger partial charge on any atom is 0.446 e. The van der Waals surface area contributed by atoms with Gasteiger partial charge in [-0.3, -0.25) is 0 Å². The number of alkyl halides is 3. The topological polar surface area (TPSA) is 59.6 Å². The summed E-state index contributed by atoms with van der Waals surface area (Å²) in [6, 6.07) is 8.83. The third-order valence-electron chi connectivity index (χ3n) is 1.69. The van der Waals surface area contributed by atoms with Crippen LogP contribution >= 0.6 is 11.8 Å². The molecular weight excluding hydrogens is 263 g/mol. The average Bonchev–Trinajstić information content (AvgIpc) is 2.28. The summed E-state index contributed by atoms with van der Waals surface area (Å²) >= 11 is -0.230. The lowest BCUT2D eigenvalue weighted by molar-refractivity contribution is -0.0328. The number of thioether (sulfide) groups is 1. The lowest BCUT2D eigenvalue weighted by atomic mass is 10.3. The first-order valence-corrected chi connectivity index (χ1v) is 5.39. The Labute approximate surface area is 106 Å². The molecule has 0 atom stereocenters. The van der Waals surface area contributed by atoms with E-state index in [9.17, 15) is 13.2 Å². The van der Waals surface area contributed by atoms with Crippen LogP contribution in [-0.4, -0.2) is 5.51 Å². The third kappa shape index (κ3) is 4.81. The molecule has 0 aliphatic carbocycles. The second-order valence-electron chi connectivity index (χ2n) is 3.00. The van der Waals surface area contributed by atoms with Gasteiger partial charge in [0, 0.05) is 16.8 Å². The molecule has 0 bridgehead atoms. The Hall–Kier alpha value is -2.12. The number of nitriles is 2. The van der Waals surface area contributed by atoms with Crippen molar-refractivity contribution < 1.29 is 13.2 Å². The average molecular weight is 269 g/mol. The van der Waals surface area contributed by atoms with Crippen molar-refractivity contribution in [2.75, 3.05) is 5.32 Å². The summed E-state index contributed by atoms with van der Waals surface area (Å²) in [4.78, 5) is 0.0244. The number of halogens is 3. The number of anilines is 1. The van der Waals surface area contributed by atoms with E-state index in [1.54, 1.807) is 12.1 Å². The van der Waals surface area contributed by atoms with Crippen LogP contribution in [0.25, 0.3) is 0 Å². The fraction of sp³-hybridized carbons (Fsp3) is 0.0909. The summed E-state index contributed by atoms with van der Waals surface area (Å²) in [7, 11) is 0. The van der Waals surface area contributed by atoms with Crippen LogP contribution < -0.4 is 5.32 Å². The quantitative estimate of drug-likeness (QED) is 0.672. The highest BCUT2D eigenvalue weighted by Gasteiger charge is 2.29. The van der Waals surface area contributed by atoms with Gasteiger partial charge in [0.15, 0.2) is 0 Å². The first-order chi connectivity index (χ1) is 8.44. The first-order valence-electron chi connectivity index (χ1n) is 4.57. The number of hydrogen-bond acceptors (Lipinski definition) is 4. The smallest absolute Gasteiger partial charge is 0.360 e. The Morgan fingerprint density at radius 1 is 1.28 bits per heavy atom. The minimum Gasteiger partial charge on any atom is -0.360 e. The zero-order valence-electron chi connectivity index (χ0n) is 8.82. The van der Waals surface area contributed by atoms with Gasteiger partial charge in [-0.05, 0) is 30.0 Å². The highest BCUT2D eigenvalue weighted by Crippen LogP contribution is 2.37. The predicted octanol–water partition coefficient (Wildman–Crippen LogP) is 3.64. The number of hydrogen-bond donors (Lipinski definition) is 1. The normalized spacial score (nSPS) is 10.1. The van der Waals surface area contributed by atoms with Crippen LogP contribution in [0, 0.1) is 22.7 Å². The van der Waals surface area contributed by atoms with E-state index in [4.69, 9.17) is 10.5 Å². The van der Waals surface area contributed by atoms with Crippen molar-refractivity contribution in [3.05, 3.63) is 36.0 Å². The van der Waals surface area contributed by atoms with E-state index >= 15 is 0 Å². The number of nitrogens with one attached hydrogen (secondary N) is 1. The van der Waals surface area contributed by atoms with Gasteiger partial charge in [-0.1, -0.05) is 6.07 Å². The summed E-state index contributed by atoms with van der Waals surface area (Å²) in [5.41, 5.74) is -4.14. The van der Waals surface area contributed by atoms with Crippen molar-refractivity contribution in [1.82, 2.24) is 0 Å². The monoisotopic (exact) mass is 269 g/mol. The molecule has 0 amide bonds. The fourth-order valence-electron chi connectivity index (χ4n) is 1.03. The maximum absolute atomic E-state index is 12.1. The van der Waals surface area contributed by atoms with Crippen LogP contribution in [-0.2, 0) is 0 Å². The number of allylic oxidation sites excluding steroid dienone is 1. The van der Waals surface area contributed by atoms with Gasteiger partial charge in [-0.2, -0.15) is 23.7 Å². The molecular formula is C11H6F3N3S. The highest BCUT2D eigenvalue weighted by atomic mass is 32.2. The Kier molecular flexibility index (Phi) is 4.64. The van der Waals surface area contributed by atoms with Crippen LogP contribution in [0.1, 0.15) is 0 Å². The van der Waals surface area contributed by atoms with E-state index in [1.165, 1.54) is 24.3 Å². The highest BCUT2D eigenvalue weighted by molar-refractivity contribution is 8.00. The Morgan fingerprint density at radius 2 is 1.94 bits per heavy atom. The largest absolute Gasteiger partial charge is 0.446 e. The minimum absolute atomic E-state index is 0.0244. The van der Waals surface area contributed by atoms with Crippen LogP contribution in [0.3, 0.4) is 0 Å². The summed E-state index contributed by atoms with van der Waals surface area (Å²) in [6.45, 7) is 0. The van der Waals surface area contributed by atoms with Gasteiger partial charge in [-0.25, -0.2) is 0 Å². The second kappa shape index (κ2) is 5.99. The van der Waals surface area contributed by atoms with E-state index in [-0.39, 0.29) is 22.2 Å². The number of benzene rings is 1. The molecule has 0 aliphatic rings. The summed E-state index contributed by atoms with van der Waals surface area (Å²) in [6.07, 6.45) is 1.14. The molecule has 7 heteroatoms. The molecule has 0 aromatic heterocycles. The molecule has 1 aromatic carbocycles. The van der Waals surface area contributed by atoms with Gasteiger partial charge < -0.3 is 5.32 Å². The molecule has 1 aromatic rings. The first kappa shape index (κ1) is 13.9. The molecule has 1 N–H and O–H groups in total. The fourth-order valence-corrected chi connectivity index (χ4v) is 1.63. The summed E-state index contributed by atoms with van der Waals surface area (Å²) in [5, 5.41) is 19.5. The molecule has 0 aliphatic heterocycles. The molecule has 0 heterocycles. The van der Waals surface area contributed by atoms with Crippen LogP contribution in [0.2, 0.25) is 0 Å². The molecule has 0 fully saturated rings. The predicted molar refractivity (Wildman–Crippen MR) is 61.3 cm³/mol. The van der Waals surface area contributed by atoms with Gasteiger partial charge >= 0.3 is 5.51 Å². The van der Waals surface area contributed by atoms with E-state index in [2.05, 4.69) is 5.32 Å². The van der Waals surface area contributed by atoms with Crippen LogP contribution in [0.5, 0.6) is 0 Å². The van der Waals surface area contributed by atoms with E-state index in [1.807, 2.05) is 0 Å². The minimum atomic E-state index is -4.35. The van der Waals surface area contributed by atoms with Crippen molar-refractivity contribution in [2.45, 2.75) is 10.4 Å². The Bertz CT molecular complexity index is 522. The standard InChI is InChI=1S/C11H6F3N3S/c12-11(13,14)18-10-3-1-2-9(4-10)17-7-8(5-15)6-16/h1-4,7,17H. The molecule has 0 spiro atoms.